The first-order valence-electron chi connectivity index (χ1n) is 22.7. The first kappa shape index (κ1) is 70.0. The van der Waals surface area contributed by atoms with Gasteiger partial charge in [0.2, 0.25) is 11.8 Å². The van der Waals surface area contributed by atoms with E-state index in [2.05, 4.69) is 16.4 Å². The minimum Gasteiger partial charge on any atom is -0.394 e. The van der Waals surface area contributed by atoms with Crippen molar-refractivity contribution in [3.63, 3.8) is 0 Å². The summed E-state index contributed by atoms with van der Waals surface area (Å²) in [5.41, 5.74) is 4.50. The first-order chi connectivity index (χ1) is 33.4. The smallest absolute Gasteiger partial charge is 0.220 e. The van der Waals surface area contributed by atoms with Gasteiger partial charge in [-0.05, 0) is 7.05 Å². The summed E-state index contributed by atoms with van der Waals surface area (Å²) in [4.78, 5) is 24.2. The molecule has 0 bridgehead atoms. The Hall–Kier alpha value is -2.06. The van der Waals surface area contributed by atoms with Gasteiger partial charge in [0.15, 0.2) is 0 Å². The van der Waals surface area contributed by atoms with Crippen molar-refractivity contribution >= 4 is 11.8 Å². The Labute approximate surface area is 407 Å². The maximum absolute atomic E-state index is 12.1. The van der Waals surface area contributed by atoms with Crippen LogP contribution >= 0.6 is 0 Å². The zero-order chi connectivity index (χ0) is 53.0. The highest BCUT2D eigenvalue weighted by atomic mass is 16.6. The van der Waals surface area contributed by atoms with Crippen LogP contribution in [0.5, 0.6) is 0 Å². The van der Waals surface area contributed by atoms with E-state index in [0.717, 1.165) is 0 Å². The summed E-state index contributed by atoms with van der Waals surface area (Å²) in [6.45, 7) is -5.10. The van der Waals surface area contributed by atoms with Gasteiger partial charge in [-0.1, -0.05) is 0 Å². The van der Waals surface area contributed by atoms with Gasteiger partial charge < -0.3 is 135 Å². The van der Waals surface area contributed by atoms with Crippen LogP contribution in [0.25, 0.3) is 0 Å². The molecule has 0 rings (SSSR count). The van der Waals surface area contributed by atoms with Gasteiger partial charge in [-0.2, -0.15) is 0 Å². The number of carbonyl (C=O) groups excluding carboxylic acids is 2. The normalized spacial score (nSPS) is 16.9. The molecule has 2 amide bonds. The molecular formula is C41H85N3O26. The maximum atomic E-state index is 12.1. The Balaban J connectivity index is 0. The molecule has 70 heavy (non-hydrogen) atoms. The van der Waals surface area contributed by atoms with E-state index >= 15 is 0 Å². The summed E-state index contributed by atoms with van der Waals surface area (Å²) < 4.78 is 51.6. The first-order valence-corrected chi connectivity index (χ1v) is 22.7. The zero-order valence-electron chi connectivity index (χ0n) is 40.1. The second kappa shape index (κ2) is 47.9. The minimum atomic E-state index is -1.13. The van der Waals surface area contributed by atoms with Gasteiger partial charge in [-0.25, -0.2) is 0 Å². The summed E-state index contributed by atoms with van der Waals surface area (Å²) in [5.74, 6) is -1.07. The number of nitrogens with one attached hydrogen (secondary N) is 2. The molecule has 0 aromatic heterocycles. The van der Waals surface area contributed by atoms with Crippen LogP contribution in [0.3, 0.4) is 0 Å². The van der Waals surface area contributed by atoms with Crippen LogP contribution in [0, 0.1) is 0 Å². The van der Waals surface area contributed by atoms with Crippen molar-refractivity contribution in [2.45, 2.75) is 86.1 Å². The van der Waals surface area contributed by atoms with Gasteiger partial charge >= 0.3 is 0 Å². The Morgan fingerprint density at radius 1 is 0.300 bits per heavy atom. The molecule has 420 valence electrons. The third-order valence-corrected chi connectivity index (χ3v) is 8.28. The fraction of sp³-hybridized carbons (Fsp3) is 0.951. The van der Waals surface area contributed by atoms with E-state index in [0.29, 0.717) is 0 Å². The van der Waals surface area contributed by atoms with Crippen molar-refractivity contribution < 1.29 is 128 Å². The lowest BCUT2D eigenvalue weighted by Gasteiger charge is -2.18. The molecule has 0 heterocycles. The molecule has 0 spiro atoms. The van der Waals surface area contributed by atoms with Crippen LogP contribution < -0.4 is 16.4 Å². The van der Waals surface area contributed by atoms with Crippen LogP contribution in [0.15, 0.2) is 0 Å². The molecule has 18 N–H and O–H groups in total. The van der Waals surface area contributed by atoms with E-state index in [9.17, 15) is 70.9 Å². The van der Waals surface area contributed by atoms with E-state index in [1.54, 1.807) is 0 Å². The highest BCUT2D eigenvalue weighted by Gasteiger charge is 2.17. The Morgan fingerprint density at radius 3 is 0.600 bits per heavy atom. The molecule has 12 atom stereocenters. The zero-order valence-corrected chi connectivity index (χ0v) is 40.1. The van der Waals surface area contributed by atoms with Crippen LogP contribution in [0.1, 0.15) is 12.8 Å². The van der Waals surface area contributed by atoms with Crippen molar-refractivity contribution in [1.29, 1.82) is 0 Å². The fourth-order valence-electron chi connectivity index (χ4n) is 4.88. The number of carbonyl (C=O) groups is 2. The van der Waals surface area contributed by atoms with Gasteiger partial charge in [0, 0.05) is 25.9 Å². The number of hydrogen-bond acceptors (Lipinski definition) is 27. The van der Waals surface area contributed by atoms with Crippen molar-refractivity contribution in [1.82, 2.24) is 10.6 Å². The summed E-state index contributed by atoms with van der Waals surface area (Å²) in [6.07, 6.45) is -13.3. The monoisotopic (exact) mass is 1040 g/mol. The second-order valence-corrected chi connectivity index (χ2v) is 15.7. The maximum Gasteiger partial charge on any atom is 0.220 e. The lowest BCUT2D eigenvalue weighted by molar-refractivity contribution is -0.127. The molecule has 0 aliphatic rings. The lowest BCUT2D eigenvalue weighted by Crippen LogP contribution is -2.37. The standard InChI is InChI=1S/C40H80N2O26.CH5N/c43-5-29(47)9-61-13-33(51)17-65-21-37(55)25-67-23-35(53)19-63-15-31(49)11-59-7-27(45)3-41-39(57)1-2-40(58)42-4-28(46)8-60-12-32(50)16-64-20-36(54)24-68-26-38(56)22-66-18-34(52)14-62-10-30(48)6-44;1-2/h27-38,43-56H,1-26H2,(H,41,57)(H,42,58);2H2,1H3. The van der Waals surface area contributed by atoms with Gasteiger partial charge in [0.25, 0.3) is 0 Å². The van der Waals surface area contributed by atoms with E-state index in [4.69, 9.17) is 57.6 Å². The Kier molecular flexibility index (Phi) is 47.9. The SMILES string of the molecule is CN.O=C(CCC(=O)NCC(O)COCC(O)COCC(O)COCC(O)COCC(O)COCC(O)CO)NCC(O)COCC(O)COCC(O)COCC(O)COCC(O)COCC(O)CO. The summed E-state index contributed by atoms with van der Waals surface area (Å²) >= 11 is 0. The minimum absolute atomic E-state index is 0.139. The highest BCUT2D eigenvalue weighted by Crippen LogP contribution is 2.00. The van der Waals surface area contributed by atoms with Gasteiger partial charge in [-0.15, -0.1) is 0 Å². The molecule has 0 radical (unpaired) electrons. The molecular weight excluding hydrogens is 950 g/mol. The average molecular weight is 1040 g/mol. The largest absolute Gasteiger partial charge is 0.394 e. The predicted octanol–water partition coefficient (Wildman–Crippen LogP) is -9.94. The van der Waals surface area contributed by atoms with Crippen molar-refractivity contribution in [3.05, 3.63) is 0 Å². The second-order valence-electron chi connectivity index (χ2n) is 15.7. The molecule has 29 heteroatoms. The lowest BCUT2D eigenvalue weighted by atomic mass is 10.2. The topological polar surface area (TPSA) is 460 Å². The van der Waals surface area contributed by atoms with Crippen LogP contribution in [0.4, 0.5) is 0 Å². The van der Waals surface area contributed by atoms with Crippen LogP contribution in [-0.4, -0.2) is 322 Å². The van der Waals surface area contributed by atoms with E-state index in [1.807, 2.05) is 0 Å². The number of nitrogens with two attached hydrogens (primary N) is 1. The molecule has 0 aromatic rings. The number of hydrogen-bond donors (Lipinski definition) is 17. The van der Waals surface area contributed by atoms with Crippen LogP contribution in [-0.2, 0) is 57.0 Å². The fourth-order valence-corrected chi connectivity index (χ4v) is 4.88. The molecule has 29 nitrogen and oxygen atoms in total. The quantitative estimate of drug-likeness (QED) is 0.0269. The average Bonchev–Trinajstić information content (AvgIpc) is 3.32. The summed E-state index contributed by atoms with van der Waals surface area (Å²) in [7, 11) is 1.50. The van der Waals surface area contributed by atoms with Crippen molar-refractivity contribution in [2.24, 2.45) is 5.73 Å². The van der Waals surface area contributed by atoms with Gasteiger partial charge in [0.05, 0.1) is 158 Å². The molecule has 12 unspecified atom stereocenters. The van der Waals surface area contributed by atoms with Crippen molar-refractivity contribution in [3.8, 4) is 0 Å². The van der Waals surface area contributed by atoms with Gasteiger partial charge in [-0.3, -0.25) is 9.59 Å². The third-order valence-electron chi connectivity index (χ3n) is 8.28. The van der Waals surface area contributed by atoms with Crippen LogP contribution in [0.2, 0.25) is 0 Å². The van der Waals surface area contributed by atoms with Gasteiger partial charge in [0.1, 0.15) is 61.0 Å². The molecule has 0 saturated heterocycles. The number of aliphatic hydroxyl groups excluding tert-OH is 14. The Bertz CT molecular complexity index is 1090. The Morgan fingerprint density at radius 2 is 0.443 bits per heavy atom. The number of amides is 2. The molecule has 0 saturated carbocycles. The van der Waals surface area contributed by atoms with E-state index in [-0.39, 0.29) is 158 Å². The molecule has 0 aliphatic heterocycles. The third kappa shape index (κ3) is 47.0. The summed E-state index contributed by atoms with van der Waals surface area (Å²) in [5, 5.41) is 140. The summed E-state index contributed by atoms with van der Waals surface area (Å²) in [6, 6.07) is 0. The molecule has 0 fully saturated rings. The predicted molar refractivity (Wildman–Crippen MR) is 240 cm³/mol. The molecule has 0 aliphatic carbocycles. The number of ether oxygens (including phenoxy) is 10. The highest BCUT2D eigenvalue weighted by molar-refractivity contribution is 5.83. The van der Waals surface area contributed by atoms with Crippen molar-refractivity contribution in [2.75, 3.05) is 165 Å². The van der Waals surface area contributed by atoms with E-state index in [1.165, 1.54) is 7.05 Å². The number of aliphatic hydroxyl groups is 14. The number of rotatable bonds is 49. The molecule has 0 aromatic carbocycles. The van der Waals surface area contributed by atoms with E-state index < -0.39 is 98.3 Å².